The van der Waals surface area contributed by atoms with Gasteiger partial charge in [-0.25, -0.2) is 0 Å². The Kier molecular flexibility index (Phi) is 5.43. The molecule has 1 aliphatic carbocycles. The van der Waals surface area contributed by atoms with E-state index in [0.29, 0.717) is 17.9 Å². The van der Waals surface area contributed by atoms with Crippen molar-refractivity contribution in [2.24, 2.45) is 0 Å². The van der Waals surface area contributed by atoms with Crippen LogP contribution in [0.2, 0.25) is 0 Å². The Morgan fingerprint density at radius 1 is 1.45 bits per heavy atom. The number of methoxy groups -OCH3 is 1. The van der Waals surface area contributed by atoms with Crippen LogP contribution in [0.15, 0.2) is 22.7 Å². The lowest BCUT2D eigenvalue weighted by atomic mass is 10.1. The van der Waals surface area contributed by atoms with Crippen LogP contribution in [0.3, 0.4) is 0 Å². The smallest absolute Gasteiger partial charge is 0.255 e. The van der Waals surface area contributed by atoms with Crippen LogP contribution in [0, 0.1) is 0 Å². The maximum Gasteiger partial charge on any atom is 0.255 e. The third kappa shape index (κ3) is 3.33. The van der Waals surface area contributed by atoms with Crippen molar-refractivity contribution in [1.29, 1.82) is 0 Å². The third-order valence-electron chi connectivity index (χ3n) is 3.77. The second kappa shape index (κ2) is 7.09. The number of halogens is 1. The van der Waals surface area contributed by atoms with Crippen molar-refractivity contribution in [1.82, 2.24) is 4.90 Å². The Labute approximate surface area is 127 Å². The molecule has 1 aromatic carbocycles. The van der Waals surface area contributed by atoms with Gasteiger partial charge >= 0.3 is 0 Å². The normalized spacial score (nSPS) is 15.3. The summed E-state index contributed by atoms with van der Waals surface area (Å²) in [4.78, 5) is 14.5. The summed E-state index contributed by atoms with van der Waals surface area (Å²) in [6.45, 7) is 0.372. The summed E-state index contributed by atoms with van der Waals surface area (Å²) in [6.07, 6.45) is 4.35. The first-order chi connectivity index (χ1) is 9.67. The molecule has 1 N–H and O–H groups in total. The number of aliphatic hydroxyl groups is 1. The highest BCUT2D eigenvalue weighted by Crippen LogP contribution is 2.28. The number of benzene rings is 1. The van der Waals surface area contributed by atoms with Gasteiger partial charge in [-0.1, -0.05) is 12.8 Å². The van der Waals surface area contributed by atoms with E-state index in [1.807, 2.05) is 12.1 Å². The molecule has 0 bridgehead atoms. The average Bonchev–Trinajstić information content (AvgIpc) is 2.98. The van der Waals surface area contributed by atoms with Crippen molar-refractivity contribution in [2.75, 3.05) is 20.3 Å². The molecule has 1 amide bonds. The van der Waals surface area contributed by atoms with E-state index in [0.717, 1.165) is 30.2 Å². The molecule has 0 aromatic heterocycles. The van der Waals surface area contributed by atoms with Crippen molar-refractivity contribution in [2.45, 2.75) is 31.7 Å². The van der Waals surface area contributed by atoms with Gasteiger partial charge in [0, 0.05) is 17.1 Å². The standard InChI is InChI=1S/C15H20BrNO3/c1-20-12-6-7-14(16)13(10-12)15(19)17(8-9-18)11-4-2-3-5-11/h6-7,10-11,18H,2-5,8-9H2,1H3. The summed E-state index contributed by atoms with van der Waals surface area (Å²) in [5, 5.41) is 9.23. The Hall–Kier alpha value is -1.07. The molecule has 1 aliphatic rings. The summed E-state index contributed by atoms with van der Waals surface area (Å²) < 4.78 is 5.94. The molecule has 0 heterocycles. The Bertz CT molecular complexity index is 472. The van der Waals surface area contributed by atoms with Crippen molar-refractivity contribution >= 4 is 21.8 Å². The second-order valence-electron chi connectivity index (χ2n) is 5.01. The van der Waals surface area contributed by atoms with Crippen LogP contribution in [0.1, 0.15) is 36.0 Å². The minimum Gasteiger partial charge on any atom is -0.497 e. The summed E-state index contributed by atoms with van der Waals surface area (Å²) in [6, 6.07) is 5.61. The molecule has 1 fully saturated rings. The minimum atomic E-state index is -0.0447. The molecular weight excluding hydrogens is 322 g/mol. The molecule has 0 radical (unpaired) electrons. The molecular formula is C15H20BrNO3. The lowest BCUT2D eigenvalue weighted by molar-refractivity contribution is 0.0636. The lowest BCUT2D eigenvalue weighted by Crippen LogP contribution is -2.40. The fraction of sp³-hybridized carbons (Fsp3) is 0.533. The van der Waals surface area contributed by atoms with Crippen molar-refractivity contribution < 1.29 is 14.6 Å². The van der Waals surface area contributed by atoms with Gasteiger partial charge in [0.2, 0.25) is 0 Å². The fourth-order valence-electron chi connectivity index (χ4n) is 2.72. The van der Waals surface area contributed by atoms with E-state index in [1.54, 1.807) is 18.1 Å². The zero-order valence-corrected chi connectivity index (χ0v) is 13.2. The highest BCUT2D eigenvalue weighted by molar-refractivity contribution is 9.10. The maximum atomic E-state index is 12.7. The average molecular weight is 342 g/mol. The molecule has 0 unspecified atom stereocenters. The molecule has 0 saturated heterocycles. The summed E-state index contributed by atoms with van der Waals surface area (Å²) in [5.41, 5.74) is 0.588. The van der Waals surface area contributed by atoms with Crippen molar-refractivity contribution in [3.63, 3.8) is 0 Å². The van der Waals surface area contributed by atoms with Crippen molar-refractivity contribution in [3.8, 4) is 5.75 Å². The number of rotatable bonds is 5. The van der Waals surface area contributed by atoms with Crippen LogP contribution in [-0.4, -0.2) is 42.2 Å². The molecule has 0 spiro atoms. The third-order valence-corrected chi connectivity index (χ3v) is 4.46. The first kappa shape index (κ1) is 15.3. The van der Waals surface area contributed by atoms with Crippen LogP contribution < -0.4 is 4.74 Å². The lowest BCUT2D eigenvalue weighted by Gasteiger charge is -2.29. The molecule has 2 rings (SSSR count). The van der Waals surface area contributed by atoms with E-state index in [-0.39, 0.29) is 18.6 Å². The highest BCUT2D eigenvalue weighted by atomic mass is 79.9. The molecule has 4 nitrogen and oxygen atoms in total. The predicted octanol–water partition coefficient (Wildman–Crippen LogP) is 2.83. The number of carbonyl (C=O) groups is 1. The predicted molar refractivity (Wildman–Crippen MR) is 81.1 cm³/mol. The van der Waals surface area contributed by atoms with Gasteiger partial charge in [0.05, 0.1) is 19.3 Å². The maximum absolute atomic E-state index is 12.7. The monoisotopic (exact) mass is 341 g/mol. The largest absolute Gasteiger partial charge is 0.497 e. The van der Waals surface area contributed by atoms with Crippen molar-refractivity contribution in [3.05, 3.63) is 28.2 Å². The van der Waals surface area contributed by atoms with Gasteiger partial charge in [-0.2, -0.15) is 0 Å². The van der Waals surface area contributed by atoms with Crippen LogP contribution in [0.25, 0.3) is 0 Å². The van der Waals surface area contributed by atoms with E-state index >= 15 is 0 Å². The van der Waals surface area contributed by atoms with Crippen LogP contribution >= 0.6 is 15.9 Å². The highest BCUT2D eigenvalue weighted by Gasteiger charge is 2.28. The van der Waals surface area contributed by atoms with Gasteiger partial charge in [-0.15, -0.1) is 0 Å². The van der Waals surface area contributed by atoms with E-state index in [1.165, 1.54) is 0 Å². The summed E-state index contributed by atoms with van der Waals surface area (Å²) in [5.74, 6) is 0.614. The van der Waals surface area contributed by atoms with E-state index in [9.17, 15) is 9.90 Å². The Balaban J connectivity index is 2.26. The molecule has 0 atom stereocenters. The van der Waals surface area contributed by atoms with Gasteiger partial charge in [0.1, 0.15) is 5.75 Å². The van der Waals surface area contributed by atoms with Gasteiger partial charge in [-0.05, 0) is 47.0 Å². The van der Waals surface area contributed by atoms with Gasteiger partial charge in [0.25, 0.3) is 5.91 Å². The Morgan fingerprint density at radius 3 is 2.75 bits per heavy atom. The van der Waals surface area contributed by atoms with E-state index in [2.05, 4.69) is 15.9 Å². The number of carbonyl (C=O) groups excluding carboxylic acids is 1. The minimum absolute atomic E-state index is 0.0101. The number of aliphatic hydroxyl groups excluding tert-OH is 1. The zero-order valence-electron chi connectivity index (χ0n) is 11.6. The van der Waals surface area contributed by atoms with Crippen LogP contribution in [-0.2, 0) is 0 Å². The summed E-state index contributed by atoms with van der Waals surface area (Å²) >= 11 is 3.42. The van der Waals surface area contributed by atoms with Crippen LogP contribution in [0.4, 0.5) is 0 Å². The topological polar surface area (TPSA) is 49.8 Å². The molecule has 1 aromatic rings. The molecule has 20 heavy (non-hydrogen) atoms. The Morgan fingerprint density at radius 2 is 2.15 bits per heavy atom. The molecule has 1 saturated carbocycles. The summed E-state index contributed by atoms with van der Waals surface area (Å²) in [7, 11) is 1.58. The second-order valence-corrected chi connectivity index (χ2v) is 5.86. The number of ether oxygens (including phenoxy) is 1. The molecule has 0 aliphatic heterocycles. The number of hydrogen-bond donors (Lipinski definition) is 1. The zero-order chi connectivity index (χ0) is 14.5. The number of hydrogen-bond acceptors (Lipinski definition) is 3. The SMILES string of the molecule is COc1ccc(Br)c(C(=O)N(CCO)C2CCCC2)c1. The first-order valence-corrected chi connectivity index (χ1v) is 7.72. The van der Waals surface area contributed by atoms with Gasteiger partial charge < -0.3 is 14.7 Å². The van der Waals surface area contributed by atoms with E-state index < -0.39 is 0 Å². The molecule has 5 heteroatoms. The van der Waals surface area contributed by atoms with Gasteiger partial charge in [-0.3, -0.25) is 4.79 Å². The molecule has 110 valence electrons. The number of nitrogens with zero attached hydrogens (tertiary/aromatic N) is 1. The van der Waals surface area contributed by atoms with Gasteiger partial charge in [0.15, 0.2) is 0 Å². The fourth-order valence-corrected chi connectivity index (χ4v) is 3.14. The number of amides is 1. The van der Waals surface area contributed by atoms with E-state index in [4.69, 9.17) is 4.74 Å². The van der Waals surface area contributed by atoms with Crippen LogP contribution in [0.5, 0.6) is 5.75 Å². The quantitative estimate of drug-likeness (QED) is 0.895. The first-order valence-electron chi connectivity index (χ1n) is 6.92.